The Morgan fingerprint density at radius 1 is 0.138 bits per heavy atom. The van der Waals surface area contributed by atoms with Crippen molar-refractivity contribution in [1.82, 2.24) is 43.6 Å². The van der Waals surface area contributed by atoms with E-state index in [1.54, 1.807) is 0 Å². The summed E-state index contributed by atoms with van der Waals surface area (Å²) in [6.45, 7) is 0. The van der Waals surface area contributed by atoms with E-state index in [0.29, 0.717) is 0 Å². The van der Waals surface area contributed by atoms with E-state index in [4.69, 9.17) is 43.2 Å². The normalized spacial score (nSPS) is 12.2. The number of nitrogens with zero attached hydrogens (tertiary/aromatic N) is 9. The number of para-hydroxylation sites is 6. The molecule has 9 heterocycles. The number of aromatic nitrogens is 9. The minimum atomic E-state index is 0.802. The first-order chi connectivity index (χ1) is 68.5. The summed E-state index contributed by atoms with van der Waals surface area (Å²) in [6, 6.07) is 151. The highest BCUT2D eigenvalue weighted by Gasteiger charge is 2.31. The predicted molar refractivity (Wildman–Crippen MR) is 569 cm³/mol. The van der Waals surface area contributed by atoms with Crippen molar-refractivity contribution in [3.63, 3.8) is 0 Å². The van der Waals surface area contributed by atoms with Crippen LogP contribution in [0.1, 0.15) is 0 Å². The van der Waals surface area contributed by atoms with E-state index >= 15 is 0 Å². The number of benzene rings is 20. The van der Waals surface area contributed by atoms with Gasteiger partial charge in [0.2, 0.25) is 0 Å². The maximum atomic E-state index is 6.57. The van der Waals surface area contributed by atoms with Crippen molar-refractivity contribution in [2.75, 3.05) is 0 Å². The van der Waals surface area contributed by atoms with Gasteiger partial charge in [0.05, 0.1) is 66.2 Å². The lowest BCUT2D eigenvalue weighted by molar-refractivity contribution is 0.669. The Balaban J connectivity index is 0.0000000981. The number of hydrogen-bond donors (Lipinski definition) is 0. The Morgan fingerprint density at radius 3 is 0.710 bits per heavy atom. The minimum absolute atomic E-state index is 0.802. The quantitative estimate of drug-likeness (QED) is 0.146. The molecule has 0 N–H and O–H groups in total. The minimum Gasteiger partial charge on any atom is -0.456 e. The molecular weight excluding hydrogens is 1690 g/mol. The van der Waals surface area contributed by atoms with Gasteiger partial charge >= 0.3 is 0 Å². The first kappa shape index (κ1) is 75.8. The van der Waals surface area contributed by atoms with Crippen molar-refractivity contribution in [3.8, 4) is 73.5 Å². The van der Waals surface area contributed by atoms with Crippen LogP contribution < -0.4 is 0 Å². The summed E-state index contributed by atoms with van der Waals surface area (Å²) in [7, 11) is 0. The molecule has 0 amide bonds. The summed E-state index contributed by atoms with van der Waals surface area (Å²) in [5.41, 5.74) is 27.3. The highest BCUT2D eigenvalue weighted by molar-refractivity contribution is 6.42. The Labute approximate surface area is 784 Å². The van der Waals surface area contributed by atoms with Crippen molar-refractivity contribution >= 4 is 229 Å². The first-order valence-corrected chi connectivity index (χ1v) is 46.7. The second-order valence-electron chi connectivity index (χ2n) is 36.0. The summed E-state index contributed by atoms with van der Waals surface area (Å²) in [5, 5.41) is 28.5. The third-order valence-electron chi connectivity index (χ3n) is 28.6. The topological polar surface area (TPSA) is 132 Å². The number of rotatable bonds is 8. The number of hydrogen-bond acceptors (Lipinski definition) is 9. The molecule has 12 nitrogen and oxygen atoms in total. The van der Waals surface area contributed by atoms with Crippen molar-refractivity contribution in [1.29, 1.82) is 0 Å². The second-order valence-corrected chi connectivity index (χ2v) is 36.0. The van der Waals surface area contributed by atoms with Gasteiger partial charge in [0.25, 0.3) is 0 Å². The van der Waals surface area contributed by atoms with Crippen LogP contribution in [-0.4, -0.2) is 43.6 Å². The zero-order valence-electron chi connectivity index (χ0n) is 73.7. The van der Waals surface area contributed by atoms with Crippen molar-refractivity contribution < 1.29 is 13.3 Å². The molecule has 0 saturated heterocycles. The van der Waals surface area contributed by atoms with Crippen molar-refractivity contribution in [3.05, 3.63) is 431 Å². The van der Waals surface area contributed by atoms with Crippen LogP contribution in [0.15, 0.2) is 444 Å². The highest BCUT2D eigenvalue weighted by atomic mass is 16.3. The van der Waals surface area contributed by atoms with Crippen molar-refractivity contribution in [2.24, 2.45) is 0 Å². The molecule has 0 unspecified atom stereocenters. The van der Waals surface area contributed by atoms with Crippen LogP contribution in [0.2, 0.25) is 0 Å². The highest BCUT2D eigenvalue weighted by Crippen LogP contribution is 2.53. The lowest BCUT2D eigenvalue weighted by Crippen LogP contribution is -2.03. The van der Waals surface area contributed by atoms with E-state index in [9.17, 15) is 0 Å². The third kappa shape index (κ3) is 11.1. The van der Waals surface area contributed by atoms with Gasteiger partial charge in [-0.05, 0) is 202 Å². The van der Waals surface area contributed by atoms with E-state index in [2.05, 4.69) is 359 Å². The monoisotopic (exact) mass is 1760 g/mol. The second kappa shape index (κ2) is 29.4. The van der Waals surface area contributed by atoms with Crippen molar-refractivity contribution in [2.45, 2.75) is 0 Å². The van der Waals surface area contributed by atoms with E-state index in [1.807, 2.05) is 84.9 Å². The molecule has 138 heavy (non-hydrogen) atoms. The molecule has 0 fully saturated rings. The van der Waals surface area contributed by atoms with Gasteiger partial charge in [-0.25, -0.2) is 29.9 Å². The smallest absolute Gasteiger partial charge is 0.165 e. The molecule has 0 aliphatic heterocycles. The maximum Gasteiger partial charge on any atom is 0.165 e. The van der Waals surface area contributed by atoms with Crippen LogP contribution in [0.5, 0.6) is 0 Å². The molecule has 0 bridgehead atoms. The molecule has 32 aromatic rings. The van der Waals surface area contributed by atoms with Gasteiger partial charge in [-0.1, -0.05) is 315 Å². The molecular formula is C126H71N9O3. The largest absolute Gasteiger partial charge is 0.456 e. The standard InChI is InChI=1S/2C44H25N3O.C38H21N3O/c1-2-11-26(12-3-1)27-13-8-14-28(25-27)43-44(46-34-20-7-6-19-33(34)45-43)47-35-21-9-17-31-29-15-4-5-16-30(29)32-18-10-22-37-40(32)42-38(48-37)24-23-36(47)41(42)39(31)35;1-2-10-26(11-3-1)27-20-22-28(23-21-27)43-44(46-34-17-7-6-16-33(34)45-43)47-35-18-8-14-31-29-12-4-5-13-30(29)32-15-9-19-37-40(32)42-38(48-37)25-24-36(47)41(42)39(31)35;1-2-10-22(11-3-1)37-38(40-28-17-7-6-16-27(28)39-37)41-29-18-8-14-25-23-12-4-5-13-24(23)26-15-9-19-31-34(26)36-32(42-31)21-20-30(41)35(36)33(25)29/h2*1-25H;1-21H. The predicted octanol–water partition coefficient (Wildman–Crippen LogP) is 33.4. The number of furan rings is 3. The molecule has 0 saturated carbocycles. The summed E-state index contributed by atoms with van der Waals surface area (Å²) < 4.78 is 26.6. The molecule has 12 heteroatoms. The van der Waals surface area contributed by atoms with Crippen LogP contribution in [0, 0.1) is 0 Å². The van der Waals surface area contributed by atoms with Crippen LogP contribution in [0.25, 0.3) is 302 Å². The molecule has 9 aromatic heterocycles. The molecule has 0 atom stereocenters. The molecule has 0 radical (unpaired) electrons. The maximum absolute atomic E-state index is 6.57. The Hall–Kier alpha value is -18.8. The van der Waals surface area contributed by atoms with Gasteiger partial charge < -0.3 is 13.3 Å². The fourth-order valence-electron chi connectivity index (χ4n) is 22.8. The zero-order chi connectivity index (χ0) is 90.1. The van der Waals surface area contributed by atoms with Crippen LogP contribution in [-0.2, 0) is 0 Å². The number of fused-ring (bicyclic) bond motifs is 12. The Bertz CT molecular complexity index is 10700. The van der Waals surface area contributed by atoms with Crippen LogP contribution >= 0.6 is 0 Å². The molecule has 0 spiro atoms. The fraction of sp³-hybridized carbons (Fsp3) is 0. The summed E-state index contributed by atoms with van der Waals surface area (Å²) >= 11 is 0. The fourth-order valence-corrected chi connectivity index (χ4v) is 22.8. The molecule has 638 valence electrons. The van der Waals surface area contributed by atoms with Crippen LogP contribution in [0.3, 0.4) is 0 Å². The van der Waals surface area contributed by atoms with Gasteiger partial charge in [0, 0.05) is 81.3 Å². The summed E-state index contributed by atoms with van der Waals surface area (Å²) in [5.74, 6) is 2.42. The molecule has 23 aromatic carbocycles. The SMILES string of the molecule is c1ccc(-c2ccc(-c3nc4ccccc4nc3-n3c4cccc5c6ccccc6c6cccc7oc8ccc3c(c8c76)c54)cc2)cc1.c1ccc(-c2cccc(-c3nc4ccccc4nc3-n3c4cccc5c6ccccc6c6cccc7oc8ccc3c(c8c76)c54)c2)cc1.c1ccc(-c2nc3ccccc3nc2-n2c3cccc4c5ccccc5c5cccc6oc7ccc2c(c7c65)c43)cc1. The zero-order valence-corrected chi connectivity index (χ0v) is 73.7. The van der Waals surface area contributed by atoms with Gasteiger partial charge in [0.15, 0.2) is 17.5 Å². The van der Waals surface area contributed by atoms with Crippen LogP contribution in [0.4, 0.5) is 0 Å². The average molecular weight is 1760 g/mol. The molecule has 0 aliphatic carbocycles. The lowest BCUT2D eigenvalue weighted by atomic mass is 9.95. The summed E-state index contributed by atoms with van der Waals surface area (Å²) in [4.78, 5) is 32.0. The van der Waals surface area contributed by atoms with Gasteiger partial charge in [-0.2, -0.15) is 0 Å². The summed E-state index contributed by atoms with van der Waals surface area (Å²) in [6.07, 6.45) is 0. The Kier molecular flexibility index (Phi) is 16.1. The first-order valence-electron chi connectivity index (χ1n) is 46.7. The third-order valence-corrected chi connectivity index (χ3v) is 28.6. The van der Waals surface area contributed by atoms with E-state index in [1.165, 1.54) is 114 Å². The van der Waals surface area contributed by atoms with Gasteiger partial charge in [-0.15, -0.1) is 0 Å². The molecule has 32 rings (SSSR count). The van der Waals surface area contributed by atoms with E-state index in [0.717, 1.165) is 189 Å². The van der Waals surface area contributed by atoms with Gasteiger partial charge in [0.1, 0.15) is 50.6 Å². The lowest BCUT2D eigenvalue weighted by Gasteiger charge is -2.14. The molecule has 0 aliphatic rings. The van der Waals surface area contributed by atoms with Gasteiger partial charge in [-0.3, -0.25) is 13.7 Å². The van der Waals surface area contributed by atoms with E-state index in [-0.39, 0.29) is 0 Å². The Morgan fingerprint density at radius 2 is 0.362 bits per heavy atom. The average Bonchev–Trinajstić information content (AvgIpc) is 1.54. The van der Waals surface area contributed by atoms with E-state index < -0.39 is 0 Å².